The van der Waals surface area contributed by atoms with Gasteiger partial charge in [0.05, 0.1) is 17.4 Å². The van der Waals surface area contributed by atoms with Gasteiger partial charge in [-0.2, -0.15) is 0 Å². The normalized spacial score (nSPS) is 29.6. The molecule has 1 aliphatic carbocycles. The Kier molecular flexibility index (Phi) is 4.68. The average Bonchev–Trinajstić information content (AvgIpc) is 2.46. The zero-order valence-electron chi connectivity index (χ0n) is 12.2. The van der Waals surface area contributed by atoms with E-state index in [4.69, 9.17) is 4.74 Å². The summed E-state index contributed by atoms with van der Waals surface area (Å²) in [6.07, 6.45) is 5.97. The molecule has 1 amide bonds. The summed E-state index contributed by atoms with van der Waals surface area (Å²) in [5, 5.41) is 12.4. The second-order valence-electron chi connectivity index (χ2n) is 6.55. The lowest BCUT2D eigenvalue weighted by atomic mass is 9.73. The Morgan fingerprint density at radius 3 is 2.40 bits per heavy atom. The van der Waals surface area contributed by atoms with E-state index in [9.17, 15) is 14.7 Å². The van der Waals surface area contributed by atoms with Gasteiger partial charge in [0.25, 0.3) is 0 Å². The topological polar surface area (TPSA) is 75.6 Å². The van der Waals surface area contributed by atoms with Gasteiger partial charge in [-0.15, -0.1) is 0 Å². The molecule has 0 bridgehead atoms. The van der Waals surface area contributed by atoms with Crippen LogP contribution in [-0.2, 0) is 14.3 Å². The third-order valence-corrected chi connectivity index (χ3v) is 4.84. The van der Waals surface area contributed by atoms with E-state index >= 15 is 0 Å². The highest BCUT2D eigenvalue weighted by atomic mass is 16.5. The van der Waals surface area contributed by atoms with Crippen molar-refractivity contribution in [2.45, 2.75) is 51.9 Å². The zero-order valence-corrected chi connectivity index (χ0v) is 12.2. The van der Waals surface area contributed by atoms with Crippen molar-refractivity contribution in [1.29, 1.82) is 0 Å². The van der Waals surface area contributed by atoms with Crippen LogP contribution in [-0.4, -0.2) is 36.7 Å². The lowest BCUT2D eigenvalue weighted by Crippen LogP contribution is -2.50. The summed E-state index contributed by atoms with van der Waals surface area (Å²) in [6, 6.07) is 0. The second-order valence-corrected chi connectivity index (χ2v) is 6.55. The molecule has 0 aromatic heterocycles. The van der Waals surface area contributed by atoms with Crippen LogP contribution >= 0.6 is 0 Å². The number of carboxylic acids is 1. The molecular formula is C15H25NO4. The lowest BCUT2D eigenvalue weighted by Gasteiger charge is -2.36. The Morgan fingerprint density at radius 1 is 1.15 bits per heavy atom. The van der Waals surface area contributed by atoms with Gasteiger partial charge in [-0.1, -0.05) is 19.3 Å². The first-order valence-electron chi connectivity index (χ1n) is 7.58. The Labute approximate surface area is 120 Å². The van der Waals surface area contributed by atoms with E-state index in [0.29, 0.717) is 26.1 Å². The molecule has 0 spiro atoms. The molecule has 2 N–H and O–H groups in total. The largest absolute Gasteiger partial charge is 0.481 e. The van der Waals surface area contributed by atoms with E-state index < -0.39 is 16.8 Å². The summed E-state index contributed by atoms with van der Waals surface area (Å²) < 4.78 is 5.39. The van der Waals surface area contributed by atoms with E-state index in [0.717, 1.165) is 32.1 Å². The van der Waals surface area contributed by atoms with E-state index in [1.807, 2.05) is 6.92 Å². The predicted octanol–water partition coefficient (Wildman–Crippen LogP) is 1.95. The standard InChI is InChI=1S/C15H25NO4/c1-14(6-5-9-20-11-14)12(17)16-10-15(13(18)19)7-3-2-4-8-15/h2-11H2,1H3,(H,16,17)(H,18,19). The van der Waals surface area contributed by atoms with Crippen LogP contribution in [0.3, 0.4) is 0 Å². The Balaban J connectivity index is 1.95. The highest BCUT2D eigenvalue weighted by Crippen LogP contribution is 2.36. The van der Waals surface area contributed by atoms with Gasteiger partial charge < -0.3 is 15.2 Å². The van der Waals surface area contributed by atoms with Crippen molar-refractivity contribution in [3.8, 4) is 0 Å². The fourth-order valence-electron chi connectivity index (χ4n) is 3.27. The zero-order chi connectivity index (χ0) is 14.6. The number of carboxylic acid groups (broad SMARTS) is 1. The molecule has 2 fully saturated rings. The SMILES string of the molecule is CC1(C(=O)NCC2(C(=O)O)CCCCC2)CCCOC1. The summed E-state index contributed by atoms with van der Waals surface area (Å²) in [5.74, 6) is -0.842. The molecule has 1 atom stereocenters. The van der Waals surface area contributed by atoms with Gasteiger partial charge >= 0.3 is 5.97 Å². The predicted molar refractivity (Wildman–Crippen MR) is 74.3 cm³/mol. The van der Waals surface area contributed by atoms with Gasteiger partial charge in [-0.05, 0) is 32.6 Å². The van der Waals surface area contributed by atoms with Gasteiger partial charge in [0, 0.05) is 13.2 Å². The van der Waals surface area contributed by atoms with Crippen molar-refractivity contribution < 1.29 is 19.4 Å². The van der Waals surface area contributed by atoms with Gasteiger partial charge in [-0.25, -0.2) is 0 Å². The molecule has 5 heteroatoms. The van der Waals surface area contributed by atoms with E-state index in [1.54, 1.807) is 0 Å². The molecule has 1 saturated carbocycles. The number of aliphatic carboxylic acids is 1. The summed E-state index contributed by atoms with van der Waals surface area (Å²) >= 11 is 0. The Hall–Kier alpha value is -1.10. The van der Waals surface area contributed by atoms with Crippen molar-refractivity contribution in [3.63, 3.8) is 0 Å². The first-order chi connectivity index (χ1) is 9.49. The fraction of sp³-hybridized carbons (Fsp3) is 0.867. The maximum Gasteiger partial charge on any atom is 0.311 e. The smallest absolute Gasteiger partial charge is 0.311 e. The minimum atomic E-state index is -0.775. The first-order valence-corrected chi connectivity index (χ1v) is 7.58. The number of hydrogen-bond donors (Lipinski definition) is 2. The number of amides is 1. The average molecular weight is 283 g/mol. The van der Waals surface area contributed by atoms with Crippen molar-refractivity contribution in [1.82, 2.24) is 5.32 Å². The van der Waals surface area contributed by atoms with Crippen molar-refractivity contribution in [2.24, 2.45) is 10.8 Å². The van der Waals surface area contributed by atoms with Crippen molar-refractivity contribution >= 4 is 11.9 Å². The van der Waals surface area contributed by atoms with Gasteiger partial charge in [0.2, 0.25) is 5.91 Å². The molecule has 20 heavy (non-hydrogen) atoms. The molecule has 0 aromatic rings. The quantitative estimate of drug-likeness (QED) is 0.827. The monoisotopic (exact) mass is 283 g/mol. The number of nitrogens with one attached hydrogen (secondary N) is 1. The van der Waals surface area contributed by atoms with Crippen LogP contribution < -0.4 is 5.32 Å². The molecule has 5 nitrogen and oxygen atoms in total. The Morgan fingerprint density at radius 2 is 1.85 bits per heavy atom. The number of hydrogen-bond acceptors (Lipinski definition) is 3. The molecular weight excluding hydrogens is 258 g/mol. The minimum Gasteiger partial charge on any atom is -0.481 e. The van der Waals surface area contributed by atoms with Crippen molar-refractivity contribution in [2.75, 3.05) is 19.8 Å². The van der Waals surface area contributed by atoms with Crippen LogP contribution in [0.15, 0.2) is 0 Å². The highest BCUT2D eigenvalue weighted by molar-refractivity contribution is 5.83. The van der Waals surface area contributed by atoms with Crippen LogP contribution in [0, 0.1) is 10.8 Å². The summed E-state index contributed by atoms with van der Waals surface area (Å²) in [5.41, 5.74) is -1.27. The van der Waals surface area contributed by atoms with Crippen LogP contribution in [0.1, 0.15) is 51.9 Å². The third-order valence-electron chi connectivity index (χ3n) is 4.84. The number of ether oxygens (including phenoxy) is 1. The fourth-order valence-corrected chi connectivity index (χ4v) is 3.27. The van der Waals surface area contributed by atoms with Gasteiger partial charge in [-0.3, -0.25) is 9.59 Å². The maximum absolute atomic E-state index is 12.3. The number of carbonyl (C=O) groups is 2. The van der Waals surface area contributed by atoms with E-state index in [1.165, 1.54) is 0 Å². The first kappa shape index (κ1) is 15.3. The van der Waals surface area contributed by atoms with E-state index in [2.05, 4.69) is 5.32 Å². The molecule has 1 saturated heterocycles. The maximum atomic E-state index is 12.3. The summed E-state index contributed by atoms with van der Waals surface area (Å²) in [4.78, 5) is 23.9. The van der Waals surface area contributed by atoms with Crippen LogP contribution in [0.4, 0.5) is 0 Å². The minimum absolute atomic E-state index is 0.0663. The molecule has 2 aliphatic rings. The molecule has 2 rings (SSSR count). The molecule has 1 aliphatic heterocycles. The van der Waals surface area contributed by atoms with Gasteiger partial charge in [0.1, 0.15) is 0 Å². The van der Waals surface area contributed by atoms with E-state index in [-0.39, 0.29) is 12.5 Å². The van der Waals surface area contributed by atoms with Crippen LogP contribution in [0.2, 0.25) is 0 Å². The molecule has 1 heterocycles. The van der Waals surface area contributed by atoms with Crippen molar-refractivity contribution in [3.05, 3.63) is 0 Å². The number of carbonyl (C=O) groups excluding carboxylic acids is 1. The third kappa shape index (κ3) is 3.14. The molecule has 0 radical (unpaired) electrons. The molecule has 0 aromatic carbocycles. The van der Waals surface area contributed by atoms with Crippen LogP contribution in [0.25, 0.3) is 0 Å². The van der Waals surface area contributed by atoms with Crippen LogP contribution in [0.5, 0.6) is 0 Å². The highest BCUT2D eigenvalue weighted by Gasteiger charge is 2.42. The lowest BCUT2D eigenvalue weighted by molar-refractivity contribution is -0.151. The summed E-state index contributed by atoms with van der Waals surface area (Å²) in [6.45, 7) is 3.29. The van der Waals surface area contributed by atoms with Gasteiger partial charge in [0.15, 0.2) is 0 Å². The number of rotatable bonds is 4. The molecule has 114 valence electrons. The second kappa shape index (κ2) is 6.12. The molecule has 1 unspecified atom stereocenters. The Bertz CT molecular complexity index is 368. The summed E-state index contributed by atoms with van der Waals surface area (Å²) in [7, 11) is 0.